The molecule has 0 saturated carbocycles. The number of aliphatic hydroxyl groups excluding tert-OH is 2. The summed E-state index contributed by atoms with van der Waals surface area (Å²) in [4.78, 5) is 73.7. The largest absolute Gasteiger partial charge is 0.469 e. The number of benzene rings is 6. The van der Waals surface area contributed by atoms with Crippen molar-refractivity contribution in [2.24, 2.45) is 35.5 Å². The van der Waals surface area contributed by atoms with E-state index < -0.39 is 36.1 Å². The highest BCUT2D eigenvalue weighted by Crippen LogP contribution is 2.57. The Balaban J connectivity index is 0.000000162. The third-order valence-electron chi connectivity index (χ3n) is 22.0. The lowest BCUT2D eigenvalue weighted by Crippen LogP contribution is -2.39. The minimum absolute atomic E-state index is 0. The number of amides is 2. The van der Waals surface area contributed by atoms with E-state index in [1.165, 1.54) is 18.1 Å². The van der Waals surface area contributed by atoms with Crippen molar-refractivity contribution < 1.29 is 56.5 Å². The zero-order chi connectivity index (χ0) is 73.4. The molecule has 20 bridgehead atoms. The Morgan fingerprint density at radius 2 is 1.07 bits per heavy atom. The summed E-state index contributed by atoms with van der Waals surface area (Å²) in [5.41, 5.74) is 18.7. The maximum Gasteiger partial charge on any atom is 0.250 e. The highest BCUT2D eigenvalue weighted by atomic mass is 35.5. The van der Waals surface area contributed by atoms with Crippen molar-refractivity contribution in [1.82, 2.24) is 30.6 Å². The minimum atomic E-state index is -1.19. The number of anilines is 2. The van der Waals surface area contributed by atoms with E-state index in [0.29, 0.717) is 58.1 Å². The van der Waals surface area contributed by atoms with Crippen LogP contribution in [0.5, 0.6) is 11.5 Å². The Morgan fingerprint density at radius 3 is 1.59 bits per heavy atom. The Hall–Kier alpha value is -10.4. The van der Waals surface area contributed by atoms with E-state index in [1.807, 2.05) is 64.1 Å². The molecule has 2 unspecified atom stereocenters. The zero-order valence-corrected chi connectivity index (χ0v) is 61.1. The summed E-state index contributed by atoms with van der Waals surface area (Å²) in [5.74, 6) is -0.434. The molecule has 0 saturated heterocycles. The van der Waals surface area contributed by atoms with Gasteiger partial charge in [-0.15, -0.1) is 0 Å². The first-order chi connectivity index (χ1) is 51.1. The van der Waals surface area contributed by atoms with E-state index in [2.05, 4.69) is 110 Å². The molecule has 0 radical (unpaired) electrons. The average molecular weight is 1480 g/mol. The van der Waals surface area contributed by atoms with Gasteiger partial charge in [0.1, 0.15) is 48.3 Å². The lowest BCUT2D eigenvalue weighted by atomic mass is 9.86. The van der Waals surface area contributed by atoms with Gasteiger partial charge in [0.15, 0.2) is 52.1 Å². The van der Waals surface area contributed by atoms with Gasteiger partial charge < -0.3 is 58.6 Å². The molecule has 22 heteroatoms. The predicted molar refractivity (Wildman–Crippen MR) is 405 cm³/mol. The number of allylic oxidation sites excluding steroid dienone is 2. The topological polar surface area (TPSA) is 279 Å². The summed E-state index contributed by atoms with van der Waals surface area (Å²) in [6.45, 7) is 15.0. The zero-order valence-electron chi connectivity index (χ0n) is 59.5. The van der Waals surface area contributed by atoms with Crippen LogP contribution in [0.4, 0.5) is 11.4 Å². The molecule has 2 aliphatic carbocycles. The van der Waals surface area contributed by atoms with Gasteiger partial charge in [-0.05, 0) is 111 Å². The smallest absolute Gasteiger partial charge is 0.250 e. The van der Waals surface area contributed by atoms with Crippen LogP contribution in [-0.4, -0.2) is 78.2 Å². The number of nitrogens with one attached hydrogen (secondary N) is 4. The molecule has 4 aromatic heterocycles. The summed E-state index contributed by atoms with van der Waals surface area (Å²) in [7, 11) is 0. The lowest BCUT2D eigenvalue weighted by Gasteiger charge is -2.24. The third kappa shape index (κ3) is 12.4. The first-order valence-corrected chi connectivity index (χ1v) is 37.1. The highest BCUT2D eigenvalue weighted by molar-refractivity contribution is 6.37. The second-order valence-electron chi connectivity index (χ2n) is 30.4. The molecule has 6 aliphatic heterocycles. The Labute approximate surface area is 628 Å². The molecule has 10 aromatic rings. The van der Waals surface area contributed by atoms with Crippen molar-refractivity contribution in [3.63, 3.8) is 0 Å². The molecule has 6 N–H and O–H groups in total. The van der Waals surface area contributed by atoms with Gasteiger partial charge >= 0.3 is 0 Å². The molecule has 8 aliphatic rings. The fourth-order valence-corrected chi connectivity index (χ4v) is 17.0. The molecule has 548 valence electrons. The summed E-state index contributed by atoms with van der Waals surface area (Å²) < 4.78 is 37.7. The van der Waals surface area contributed by atoms with Crippen LogP contribution in [0.2, 0.25) is 5.15 Å². The number of aromatic nitrogens is 4. The molecular formula is C85H82Cl2N8O12. The molecule has 10 heterocycles. The number of Topliss-reactive ketones (excluding diaryl/α,β-unsaturated/α-hetero) is 2. The van der Waals surface area contributed by atoms with Crippen molar-refractivity contribution in [3.05, 3.63) is 223 Å². The standard InChI is InChI=1S/C42H38Cl2N4O6.C42H40N4O6.CH4/c1-18(2)34-42-45-28(17-52-42)40-48-38(44)37(54-40)33-27(43)15-21-7-5-8-23(31(21)33)24-9-6-10-25-32-26-14-20(11-12-30(26)53-41(32)47-35(24)25)13-22(39(51)46-34)16-29(49)36(50)19(3)4;1-20(2)36-42-44-30(19-50-42)40-43-18-33(52-40)27-13-12-23-7-5-8-25(34(23)27)26-9-6-10-28-35-29-16-22(11-14-32(29)51-41(35)46-37(26)28)15-24(39(49)45-36)17-31(47)38(48)21(3)4;/h5-12,14,17-19,22,32,34,36,41,47,50H,13,15-16H2,1-4H3,(H,46,51);5-11,13-14,16,18-21,24,35-36,38,41,46,48H,12,15,17H2,1-4H3,(H,45,49);1H4/t22-,32?,34+,36+,41+;24-,35?,36+,38+,41+;/m11./s1. The van der Waals surface area contributed by atoms with Gasteiger partial charge in [-0.1, -0.05) is 189 Å². The Morgan fingerprint density at radius 1 is 0.570 bits per heavy atom. The van der Waals surface area contributed by atoms with Gasteiger partial charge in [0.2, 0.25) is 29.5 Å². The van der Waals surface area contributed by atoms with Crippen molar-refractivity contribution in [2.75, 3.05) is 10.6 Å². The van der Waals surface area contributed by atoms with Gasteiger partial charge in [0.25, 0.3) is 5.89 Å². The third-order valence-corrected chi connectivity index (χ3v) is 22.5. The maximum atomic E-state index is 14.2. The number of para-hydroxylation sites is 2. The first-order valence-electron chi connectivity index (χ1n) is 36.4. The average Bonchev–Trinajstić information content (AvgIpc) is 1.58. The van der Waals surface area contributed by atoms with E-state index in [1.54, 1.807) is 33.9 Å². The van der Waals surface area contributed by atoms with Crippen LogP contribution in [0.1, 0.15) is 179 Å². The number of ether oxygens (including phenoxy) is 2. The van der Waals surface area contributed by atoms with Crippen LogP contribution in [-0.2, 0) is 44.9 Å². The van der Waals surface area contributed by atoms with Crippen LogP contribution < -0.4 is 30.7 Å². The number of fused-ring (bicyclic) bond motifs is 16. The Bertz CT molecular complexity index is 5330. The van der Waals surface area contributed by atoms with Crippen LogP contribution in [0.3, 0.4) is 0 Å². The molecule has 107 heavy (non-hydrogen) atoms. The van der Waals surface area contributed by atoms with Crippen molar-refractivity contribution in [1.29, 1.82) is 0 Å². The molecule has 0 spiro atoms. The normalized spacial score (nSPS) is 21.4. The summed E-state index contributed by atoms with van der Waals surface area (Å²) in [5, 5.41) is 35.7. The number of carbonyl (C=O) groups excluding carboxylic acids is 4. The van der Waals surface area contributed by atoms with Crippen molar-refractivity contribution in [2.45, 2.75) is 150 Å². The SMILES string of the molecule is C.CC(C)[C@H](O)C(=O)C[C@H]1Cc2ccc3c(c2)C2c4cccc(c4N[C@H]2O3)-c2cccc3c2C(=C(Cl)C3)c2oc(nc2Cl)-c2coc(n2)[C@H](C(C)C)NC1=O.CC(C)[C@H](O)C(=O)C[C@H]1Cc2ccc3c(c2)C2c4cccc(c4N[C@H]2O3)-c2cccc3c2C(=CC3)c2cnc(o2)-c2coc(n2)[C@H](C(C)C)NC1=O. The van der Waals surface area contributed by atoms with Gasteiger partial charge in [0.05, 0.1) is 18.0 Å². The number of hydrogen-bond donors (Lipinski definition) is 6. The predicted octanol–water partition coefficient (Wildman–Crippen LogP) is 16.3. The van der Waals surface area contributed by atoms with Crippen LogP contribution in [0, 0.1) is 35.5 Å². The number of halogens is 2. The fourth-order valence-electron chi connectivity index (χ4n) is 16.5. The summed E-state index contributed by atoms with van der Waals surface area (Å²) in [6, 6.07) is 36.0. The number of ketones is 2. The number of aliphatic hydroxyl groups is 2. The van der Waals surface area contributed by atoms with Crippen molar-refractivity contribution in [3.8, 4) is 56.9 Å². The molecule has 10 atom stereocenters. The molecule has 18 rings (SSSR count). The van der Waals surface area contributed by atoms with Crippen LogP contribution in [0.15, 0.2) is 157 Å². The maximum absolute atomic E-state index is 14.2. The van der Waals surface area contributed by atoms with Crippen LogP contribution >= 0.6 is 23.2 Å². The molecule has 6 aromatic carbocycles. The second-order valence-corrected chi connectivity index (χ2v) is 31.2. The van der Waals surface area contributed by atoms with E-state index >= 15 is 0 Å². The number of oxazole rings is 4. The quantitative estimate of drug-likeness (QED) is 0.0742. The molecular weight excluding hydrogens is 1400 g/mol. The molecule has 20 nitrogen and oxygen atoms in total. The molecule has 2 amide bonds. The second kappa shape index (κ2) is 27.8. The minimum Gasteiger partial charge on any atom is -0.469 e. The summed E-state index contributed by atoms with van der Waals surface area (Å²) >= 11 is 13.9. The first kappa shape index (κ1) is 70.9. The van der Waals surface area contributed by atoms with E-state index in [-0.39, 0.29) is 115 Å². The van der Waals surface area contributed by atoms with E-state index in [0.717, 1.165) is 107 Å². The highest BCUT2D eigenvalue weighted by Gasteiger charge is 2.47. The molecule has 0 fully saturated rings. The summed E-state index contributed by atoms with van der Waals surface area (Å²) in [6.07, 6.45) is 5.41. The van der Waals surface area contributed by atoms with Gasteiger partial charge in [-0.3, -0.25) is 19.2 Å². The number of hydrogen-bond acceptors (Lipinski definition) is 18. The van der Waals surface area contributed by atoms with Crippen LogP contribution in [0.25, 0.3) is 56.6 Å². The number of rotatable bonds is 10. The van der Waals surface area contributed by atoms with Gasteiger partial charge in [-0.25, -0.2) is 15.0 Å². The van der Waals surface area contributed by atoms with Gasteiger partial charge in [0, 0.05) is 80.9 Å². The van der Waals surface area contributed by atoms with E-state index in [4.69, 9.17) is 60.3 Å². The number of nitrogens with zero attached hydrogens (tertiary/aromatic N) is 4. The Kier molecular flexibility index (Phi) is 18.4. The number of carbonyl (C=O) groups is 4. The fraction of sp³-hybridized carbons (Fsp3) is 0.341. The monoisotopic (exact) mass is 1480 g/mol. The lowest BCUT2D eigenvalue weighted by molar-refractivity contribution is -0.135. The van der Waals surface area contributed by atoms with E-state index in [9.17, 15) is 29.4 Å². The van der Waals surface area contributed by atoms with Crippen molar-refractivity contribution >= 4 is 69.1 Å². The van der Waals surface area contributed by atoms with Gasteiger partial charge in [-0.2, -0.15) is 4.98 Å².